The molecule has 0 spiro atoms. The van der Waals surface area contributed by atoms with E-state index < -0.39 is 0 Å². The molecule has 0 fully saturated rings. The average Bonchev–Trinajstić information content (AvgIpc) is 2.48. The third-order valence-corrected chi connectivity index (χ3v) is 3.65. The molecule has 1 aliphatic heterocycles. The van der Waals surface area contributed by atoms with Gasteiger partial charge in [-0.2, -0.15) is 0 Å². The van der Waals surface area contributed by atoms with Gasteiger partial charge in [0.1, 0.15) is 6.04 Å². The zero-order valence-electron chi connectivity index (χ0n) is 10.5. The van der Waals surface area contributed by atoms with Crippen LogP contribution in [0.5, 0.6) is 0 Å². The molecule has 1 unspecified atom stereocenters. The highest BCUT2D eigenvalue weighted by molar-refractivity contribution is 5.86. The first-order chi connectivity index (χ1) is 7.87. The standard InChI is InChI=1S/C14H18N2O/c1-9(13(15)17)16-10(2)14(3,4)11-7-5-6-8-12(11)16/h5-9H,2H2,1,3-4H3,(H2,15,17). The largest absolute Gasteiger partial charge is 0.368 e. The lowest BCUT2D eigenvalue weighted by Gasteiger charge is -2.29. The molecule has 0 saturated carbocycles. The van der Waals surface area contributed by atoms with Crippen molar-refractivity contribution in [3.63, 3.8) is 0 Å². The Hall–Kier alpha value is -1.77. The van der Waals surface area contributed by atoms with Gasteiger partial charge in [-0.15, -0.1) is 0 Å². The monoisotopic (exact) mass is 230 g/mol. The van der Waals surface area contributed by atoms with E-state index in [1.54, 1.807) is 0 Å². The second-order valence-electron chi connectivity index (χ2n) is 5.04. The van der Waals surface area contributed by atoms with E-state index in [1.165, 1.54) is 5.56 Å². The summed E-state index contributed by atoms with van der Waals surface area (Å²) in [7, 11) is 0. The Morgan fingerprint density at radius 3 is 2.59 bits per heavy atom. The number of hydrogen-bond acceptors (Lipinski definition) is 2. The van der Waals surface area contributed by atoms with E-state index in [0.29, 0.717) is 0 Å². The summed E-state index contributed by atoms with van der Waals surface area (Å²) in [4.78, 5) is 13.3. The second-order valence-corrected chi connectivity index (χ2v) is 5.04. The third-order valence-electron chi connectivity index (χ3n) is 3.65. The zero-order chi connectivity index (χ0) is 12.8. The molecule has 90 valence electrons. The molecule has 0 aromatic heterocycles. The van der Waals surface area contributed by atoms with Crippen LogP contribution in [0.15, 0.2) is 36.5 Å². The van der Waals surface area contributed by atoms with Gasteiger partial charge in [-0.05, 0) is 18.6 Å². The average molecular weight is 230 g/mol. The third kappa shape index (κ3) is 1.54. The number of rotatable bonds is 2. The molecule has 0 radical (unpaired) electrons. The molecule has 2 rings (SSSR count). The minimum absolute atomic E-state index is 0.152. The number of carbonyl (C=O) groups is 1. The number of anilines is 1. The van der Waals surface area contributed by atoms with Crippen molar-refractivity contribution < 1.29 is 4.79 Å². The topological polar surface area (TPSA) is 46.3 Å². The molecule has 0 bridgehead atoms. The molecule has 1 heterocycles. The normalized spacial score (nSPS) is 19.0. The number of para-hydroxylation sites is 1. The van der Waals surface area contributed by atoms with Crippen molar-refractivity contribution in [3.05, 3.63) is 42.1 Å². The van der Waals surface area contributed by atoms with Crippen molar-refractivity contribution in [3.8, 4) is 0 Å². The molecule has 1 aliphatic rings. The SMILES string of the molecule is C=C1N(C(C)C(N)=O)c2ccccc2C1(C)C. The van der Waals surface area contributed by atoms with Crippen LogP contribution in [0.2, 0.25) is 0 Å². The minimum Gasteiger partial charge on any atom is -0.368 e. The Labute approximate surface area is 102 Å². The smallest absolute Gasteiger partial charge is 0.240 e. The Balaban J connectivity index is 2.58. The van der Waals surface area contributed by atoms with Crippen LogP contribution in [0.4, 0.5) is 5.69 Å². The molecular weight excluding hydrogens is 212 g/mol. The quantitative estimate of drug-likeness (QED) is 0.846. The number of benzene rings is 1. The highest BCUT2D eigenvalue weighted by Crippen LogP contribution is 2.47. The van der Waals surface area contributed by atoms with E-state index in [2.05, 4.69) is 26.5 Å². The van der Waals surface area contributed by atoms with E-state index >= 15 is 0 Å². The van der Waals surface area contributed by atoms with Crippen molar-refractivity contribution in [2.45, 2.75) is 32.2 Å². The fraction of sp³-hybridized carbons (Fsp3) is 0.357. The summed E-state index contributed by atoms with van der Waals surface area (Å²) in [5.74, 6) is -0.335. The zero-order valence-corrected chi connectivity index (χ0v) is 10.5. The van der Waals surface area contributed by atoms with Gasteiger partial charge in [-0.3, -0.25) is 4.79 Å². The first-order valence-electron chi connectivity index (χ1n) is 5.75. The molecule has 1 amide bonds. The minimum atomic E-state index is -0.370. The summed E-state index contributed by atoms with van der Waals surface area (Å²) in [6.07, 6.45) is 0. The predicted octanol–water partition coefficient (Wildman–Crippen LogP) is 2.17. The van der Waals surface area contributed by atoms with Crippen LogP contribution >= 0.6 is 0 Å². The van der Waals surface area contributed by atoms with Crippen molar-refractivity contribution >= 4 is 11.6 Å². The maximum Gasteiger partial charge on any atom is 0.240 e. The van der Waals surface area contributed by atoms with Crippen molar-refractivity contribution in [1.29, 1.82) is 0 Å². The van der Waals surface area contributed by atoms with E-state index in [9.17, 15) is 4.79 Å². The Morgan fingerprint density at radius 2 is 2.00 bits per heavy atom. The van der Waals surface area contributed by atoms with E-state index in [1.807, 2.05) is 30.0 Å². The van der Waals surface area contributed by atoms with Crippen molar-refractivity contribution in [2.24, 2.45) is 5.73 Å². The number of amides is 1. The fourth-order valence-electron chi connectivity index (χ4n) is 2.38. The van der Waals surface area contributed by atoms with Crippen LogP contribution in [0.1, 0.15) is 26.3 Å². The molecule has 2 N–H and O–H groups in total. The number of nitrogens with two attached hydrogens (primary N) is 1. The lowest BCUT2D eigenvalue weighted by molar-refractivity contribution is -0.118. The van der Waals surface area contributed by atoms with Gasteiger partial charge in [-0.1, -0.05) is 38.6 Å². The number of fused-ring (bicyclic) bond motifs is 1. The Bertz CT molecular complexity index is 491. The number of nitrogens with zero attached hydrogens (tertiary/aromatic N) is 1. The van der Waals surface area contributed by atoms with E-state index in [4.69, 9.17) is 5.73 Å². The van der Waals surface area contributed by atoms with Gasteiger partial charge in [0.05, 0.1) is 0 Å². The first kappa shape index (κ1) is 11.7. The molecule has 3 nitrogen and oxygen atoms in total. The molecule has 1 atom stereocenters. The van der Waals surface area contributed by atoms with Crippen LogP contribution in [0.25, 0.3) is 0 Å². The van der Waals surface area contributed by atoms with Crippen LogP contribution in [0, 0.1) is 0 Å². The van der Waals surface area contributed by atoms with Gasteiger partial charge < -0.3 is 10.6 Å². The van der Waals surface area contributed by atoms with Crippen molar-refractivity contribution in [2.75, 3.05) is 4.90 Å². The van der Waals surface area contributed by atoms with Gasteiger partial charge in [0.2, 0.25) is 5.91 Å². The van der Waals surface area contributed by atoms with E-state index in [0.717, 1.165) is 11.4 Å². The van der Waals surface area contributed by atoms with Gasteiger partial charge >= 0.3 is 0 Å². The second kappa shape index (κ2) is 3.62. The lowest BCUT2D eigenvalue weighted by atomic mass is 9.84. The van der Waals surface area contributed by atoms with Crippen LogP contribution in [-0.4, -0.2) is 11.9 Å². The van der Waals surface area contributed by atoms with Gasteiger partial charge in [0.15, 0.2) is 0 Å². The maximum absolute atomic E-state index is 11.4. The van der Waals surface area contributed by atoms with E-state index in [-0.39, 0.29) is 17.4 Å². The molecule has 17 heavy (non-hydrogen) atoms. The Kier molecular flexibility index (Phi) is 2.49. The van der Waals surface area contributed by atoms with Crippen LogP contribution < -0.4 is 10.6 Å². The molecule has 0 aliphatic carbocycles. The van der Waals surface area contributed by atoms with Gasteiger partial charge in [0, 0.05) is 16.8 Å². The summed E-state index contributed by atoms with van der Waals surface area (Å²) >= 11 is 0. The van der Waals surface area contributed by atoms with Gasteiger partial charge in [0.25, 0.3) is 0 Å². The van der Waals surface area contributed by atoms with Crippen molar-refractivity contribution in [1.82, 2.24) is 0 Å². The first-order valence-corrected chi connectivity index (χ1v) is 5.75. The highest BCUT2D eigenvalue weighted by Gasteiger charge is 2.41. The molecule has 3 heteroatoms. The van der Waals surface area contributed by atoms with Crippen LogP contribution in [-0.2, 0) is 10.2 Å². The summed E-state index contributed by atoms with van der Waals surface area (Å²) < 4.78 is 0. The number of allylic oxidation sites excluding steroid dienone is 1. The molecule has 1 aromatic carbocycles. The highest BCUT2D eigenvalue weighted by atomic mass is 16.1. The van der Waals surface area contributed by atoms with Crippen LogP contribution in [0.3, 0.4) is 0 Å². The molecule has 0 saturated heterocycles. The number of carbonyl (C=O) groups excluding carboxylic acids is 1. The molecule has 1 aromatic rings. The fourth-order valence-corrected chi connectivity index (χ4v) is 2.38. The summed E-state index contributed by atoms with van der Waals surface area (Å²) in [6.45, 7) is 10.2. The Morgan fingerprint density at radius 1 is 1.41 bits per heavy atom. The summed E-state index contributed by atoms with van der Waals surface area (Å²) in [5, 5.41) is 0. The van der Waals surface area contributed by atoms with Gasteiger partial charge in [-0.25, -0.2) is 0 Å². The summed E-state index contributed by atoms with van der Waals surface area (Å²) in [5.41, 5.74) is 8.40. The number of hydrogen-bond donors (Lipinski definition) is 1. The molecular formula is C14H18N2O. The summed E-state index contributed by atoms with van der Waals surface area (Å²) in [6, 6.07) is 7.69. The predicted molar refractivity (Wildman–Crippen MR) is 69.7 cm³/mol. The number of primary amides is 1. The maximum atomic E-state index is 11.4. The lowest BCUT2D eigenvalue weighted by Crippen LogP contribution is -2.42.